The van der Waals surface area contributed by atoms with E-state index >= 15 is 0 Å². The monoisotopic (exact) mass is 477 g/mol. The average Bonchev–Trinajstić information content (AvgIpc) is 3.45. The Morgan fingerprint density at radius 2 is 1.88 bits per heavy atom. The number of thioether (sulfide) groups is 1. The number of nitrogens with one attached hydrogen (secondary N) is 1. The van der Waals surface area contributed by atoms with E-state index in [-0.39, 0.29) is 11.7 Å². The molecule has 2 heterocycles. The van der Waals surface area contributed by atoms with Crippen molar-refractivity contribution in [3.63, 3.8) is 0 Å². The lowest BCUT2D eigenvalue weighted by Crippen LogP contribution is -2.22. The van der Waals surface area contributed by atoms with Crippen molar-refractivity contribution < 1.29 is 18.0 Å². The molecule has 1 aromatic heterocycles. The van der Waals surface area contributed by atoms with Crippen molar-refractivity contribution in [2.24, 2.45) is 0 Å². The highest BCUT2D eigenvalue weighted by Crippen LogP contribution is 2.37. The predicted molar refractivity (Wildman–Crippen MR) is 125 cm³/mol. The Bertz CT molecular complexity index is 1090. The topological polar surface area (TPSA) is 45.2 Å². The van der Waals surface area contributed by atoms with E-state index in [4.69, 9.17) is 0 Å². The summed E-state index contributed by atoms with van der Waals surface area (Å²) in [4.78, 5) is 19.0. The number of carbonyl (C=O) groups is 1. The second-order valence-electron chi connectivity index (χ2n) is 7.63. The summed E-state index contributed by atoms with van der Waals surface area (Å²) in [6.45, 7) is 3.39. The molecule has 168 valence electrons. The molecule has 1 aliphatic rings. The van der Waals surface area contributed by atoms with Crippen LogP contribution in [0.5, 0.6) is 0 Å². The van der Waals surface area contributed by atoms with E-state index in [1.165, 1.54) is 34.7 Å². The Hall–Kier alpha value is -2.52. The zero-order valence-electron chi connectivity index (χ0n) is 17.4. The molecule has 0 aliphatic carbocycles. The molecule has 4 nitrogen and oxygen atoms in total. The fourth-order valence-electron chi connectivity index (χ4n) is 3.53. The number of nitrogens with zero attached hydrogens (tertiary/aromatic N) is 2. The van der Waals surface area contributed by atoms with Crippen LogP contribution in [0.1, 0.15) is 24.0 Å². The Labute approximate surface area is 192 Å². The van der Waals surface area contributed by atoms with Crippen LogP contribution in [-0.4, -0.2) is 29.7 Å². The average molecular weight is 478 g/mol. The van der Waals surface area contributed by atoms with Gasteiger partial charge in [-0.05, 0) is 38.0 Å². The van der Waals surface area contributed by atoms with Crippen molar-refractivity contribution in [2.75, 3.05) is 29.1 Å². The Balaban J connectivity index is 1.42. The molecule has 1 fully saturated rings. The first-order valence-electron chi connectivity index (χ1n) is 10.2. The zero-order chi connectivity index (χ0) is 22.7. The number of alkyl halides is 3. The highest BCUT2D eigenvalue weighted by atomic mass is 32.2. The summed E-state index contributed by atoms with van der Waals surface area (Å²) in [5.74, 6) is -0.149. The largest absolute Gasteiger partial charge is 0.416 e. The molecule has 1 N–H and O–H groups in total. The number of hydrogen-bond donors (Lipinski definition) is 1. The number of halogens is 3. The van der Waals surface area contributed by atoms with E-state index < -0.39 is 11.7 Å². The van der Waals surface area contributed by atoms with E-state index in [1.54, 1.807) is 0 Å². The van der Waals surface area contributed by atoms with E-state index in [1.807, 2.05) is 41.5 Å². The molecule has 0 saturated carbocycles. The van der Waals surface area contributed by atoms with Crippen LogP contribution in [-0.2, 0) is 11.0 Å². The molecule has 1 amide bonds. The van der Waals surface area contributed by atoms with Crippen LogP contribution in [0.25, 0.3) is 11.3 Å². The normalized spacial score (nSPS) is 14.1. The number of carbonyl (C=O) groups excluding carboxylic acids is 1. The summed E-state index contributed by atoms with van der Waals surface area (Å²) >= 11 is 2.78. The number of aromatic nitrogens is 1. The quantitative estimate of drug-likeness (QED) is 0.414. The van der Waals surface area contributed by atoms with Gasteiger partial charge in [-0.15, -0.1) is 11.3 Å². The van der Waals surface area contributed by atoms with E-state index in [0.717, 1.165) is 40.6 Å². The summed E-state index contributed by atoms with van der Waals surface area (Å²) in [6.07, 6.45) is -2.58. The van der Waals surface area contributed by atoms with Crippen LogP contribution in [0.4, 0.5) is 24.5 Å². The molecule has 0 atom stereocenters. The second kappa shape index (κ2) is 9.54. The third-order valence-corrected chi connectivity index (χ3v) is 7.22. The molecule has 4 rings (SSSR count). The SMILES string of the molecule is Cc1ccc(-c2csc(SCC(=O)Nc3ccc(C(F)(F)F)cc3N3CCCC3)n2)cc1. The van der Waals surface area contributed by atoms with Crippen LogP contribution in [0.2, 0.25) is 0 Å². The van der Waals surface area contributed by atoms with Crippen molar-refractivity contribution in [2.45, 2.75) is 30.3 Å². The lowest BCUT2D eigenvalue weighted by Gasteiger charge is -2.23. The van der Waals surface area contributed by atoms with E-state index in [9.17, 15) is 18.0 Å². The summed E-state index contributed by atoms with van der Waals surface area (Å²) in [5.41, 5.74) is 3.17. The minimum atomic E-state index is -4.42. The maximum Gasteiger partial charge on any atom is 0.416 e. The van der Waals surface area contributed by atoms with Gasteiger partial charge >= 0.3 is 6.18 Å². The predicted octanol–water partition coefficient (Wildman–Crippen LogP) is 6.47. The molecule has 3 aromatic rings. The van der Waals surface area contributed by atoms with Gasteiger partial charge in [-0.3, -0.25) is 4.79 Å². The number of thiazole rings is 1. The first-order chi connectivity index (χ1) is 15.3. The fourth-order valence-corrected chi connectivity index (χ4v) is 5.16. The first-order valence-corrected chi connectivity index (χ1v) is 12.1. The van der Waals surface area contributed by atoms with Gasteiger partial charge in [0.2, 0.25) is 5.91 Å². The third kappa shape index (κ3) is 5.45. The Kier molecular flexibility index (Phi) is 6.76. The van der Waals surface area contributed by atoms with Crippen molar-refractivity contribution in [3.05, 3.63) is 59.0 Å². The molecule has 0 radical (unpaired) electrons. The molecule has 1 saturated heterocycles. The Morgan fingerprint density at radius 3 is 2.56 bits per heavy atom. The van der Waals surface area contributed by atoms with Gasteiger partial charge in [0.1, 0.15) is 0 Å². The minimum absolute atomic E-state index is 0.126. The molecule has 0 unspecified atom stereocenters. The molecule has 0 spiro atoms. The lowest BCUT2D eigenvalue weighted by molar-refractivity contribution is -0.137. The fraction of sp³-hybridized carbons (Fsp3) is 0.304. The summed E-state index contributed by atoms with van der Waals surface area (Å²) in [7, 11) is 0. The van der Waals surface area contributed by atoms with Crippen molar-refractivity contribution >= 4 is 40.4 Å². The second-order valence-corrected chi connectivity index (χ2v) is 9.71. The van der Waals surface area contributed by atoms with Crippen LogP contribution in [0.3, 0.4) is 0 Å². The number of hydrogen-bond acceptors (Lipinski definition) is 5. The molecular weight excluding hydrogens is 455 g/mol. The van der Waals surface area contributed by atoms with Gasteiger partial charge in [0.05, 0.1) is 28.4 Å². The van der Waals surface area contributed by atoms with E-state index in [0.29, 0.717) is 24.5 Å². The molecular formula is C23H22F3N3OS2. The highest BCUT2D eigenvalue weighted by Gasteiger charge is 2.32. The number of anilines is 2. The van der Waals surface area contributed by atoms with Gasteiger partial charge in [-0.2, -0.15) is 13.2 Å². The molecule has 1 aliphatic heterocycles. The Morgan fingerprint density at radius 1 is 1.16 bits per heavy atom. The minimum Gasteiger partial charge on any atom is -0.370 e. The third-order valence-electron chi connectivity index (χ3n) is 5.20. The van der Waals surface area contributed by atoms with Gasteiger partial charge in [-0.1, -0.05) is 41.6 Å². The van der Waals surface area contributed by atoms with Crippen molar-refractivity contribution in [3.8, 4) is 11.3 Å². The molecule has 2 aromatic carbocycles. The van der Waals surface area contributed by atoms with Gasteiger partial charge in [-0.25, -0.2) is 4.98 Å². The van der Waals surface area contributed by atoms with Gasteiger partial charge in [0.25, 0.3) is 0 Å². The van der Waals surface area contributed by atoms with E-state index in [2.05, 4.69) is 10.3 Å². The molecule has 9 heteroatoms. The summed E-state index contributed by atoms with van der Waals surface area (Å²) in [6, 6.07) is 11.6. The number of benzene rings is 2. The molecule has 0 bridgehead atoms. The van der Waals surface area contributed by atoms with Crippen LogP contribution in [0, 0.1) is 6.92 Å². The van der Waals surface area contributed by atoms with Crippen LogP contribution < -0.4 is 10.2 Å². The number of rotatable bonds is 6. The van der Waals surface area contributed by atoms with Gasteiger partial charge in [0.15, 0.2) is 4.34 Å². The highest BCUT2D eigenvalue weighted by molar-refractivity contribution is 8.01. The van der Waals surface area contributed by atoms with Crippen molar-refractivity contribution in [1.82, 2.24) is 4.98 Å². The first kappa shape index (κ1) is 22.7. The number of amides is 1. The molecule has 32 heavy (non-hydrogen) atoms. The zero-order valence-corrected chi connectivity index (χ0v) is 19.0. The van der Waals surface area contributed by atoms with Gasteiger partial charge < -0.3 is 10.2 Å². The maximum absolute atomic E-state index is 13.2. The van der Waals surface area contributed by atoms with Crippen LogP contribution >= 0.6 is 23.1 Å². The lowest BCUT2D eigenvalue weighted by atomic mass is 10.1. The summed E-state index contributed by atoms with van der Waals surface area (Å²) < 4.78 is 40.3. The smallest absolute Gasteiger partial charge is 0.370 e. The van der Waals surface area contributed by atoms with Crippen molar-refractivity contribution in [1.29, 1.82) is 0 Å². The summed E-state index contributed by atoms with van der Waals surface area (Å²) in [5, 5.41) is 4.74. The number of aryl methyl sites for hydroxylation is 1. The van der Waals surface area contributed by atoms with Gasteiger partial charge in [0, 0.05) is 24.0 Å². The maximum atomic E-state index is 13.2. The van der Waals surface area contributed by atoms with Crippen LogP contribution in [0.15, 0.2) is 52.2 Å². The standard InChI is InChI=1S/C23H22F3N3OS2/c1-15-4-6-16(7-5-15)19-13-31-22(28-19)32-14-21(30)27-18-9-8-17(23(24,25)26)12-20(18)29-10-2-3-11-29/h4-9,12-13H,2-3,10-11,14H2,1H3,(H,27,30).